The minimum atomic E-state index is -0.267. The average Bonchev–Trinajstić information content (AvgIpc) is 2.98. The van der Waals surface area contributed by atoms with Crippen molar-refractivity contribution in [2.45, 2.75) is 33.2 Å². The number of carbonyl (C=O) groups is 2. The molecule has 0 spiro atoms. The van der Waals surface area contributed by atoms with Gasteiger partial charge in [0.05, 0.1) is 23.4 Å². The van der Waals surface area contributed by atoms with Crippen molar-refractivity contribution < 1.29 is 9.59 Å². The summed E-state index contributed by atoms with van der Waals surface area (Å²) in [6, 6.07) is 11.6. The Kier molecular flexibility index (Phi) is 3.80. The van der Waals surface area contributed by atoms with Gasteiger partial charge in [0.15, 0.2) is 5.78 Å². The minimum absolute atomic E-state index is 0.0219. The zero-order valence-electron chi connectivity index (χ0n) is 14.7. The lowest BCUT2D eigenvalue weighted by Gasteiger charge is -2.11. The number of ketones is 2. The van der Waals surface area contributed by atoms with E-state index < -0.39 is 0 Å². The fraction of sp³-hybridized carbons (Fsp3) is 0.238. The Morgan fingerprint density at radius 3 is 2.69 bits per heavy atom. The summed E-state index contributed by atoms with van der Waals surface area (Å²) in [6.07, 6.45) is 0.262. The fourth-order valence-electron chi connectivity index (χ4n) is 3.57. The van der Waals surface area contributed by atoms with E-state index in [1.807, 2.05) is 30.3 Å². The summed E-state index contributed by atoms with van der Waals surface area (Å²) < 4.78 is 1.63. The quantitative estimate of drug-likeness (QED) is 0.532. The predicted octanol–water partition coefficient (Wildman–Crippen LogP) is 3.15. The van der Waals surface area contributed by atoms with Crippen molar-refractivity contribution in [2.24, 2.45) is 0 Å². The molecule has 0 unspecified atom stereocenters. The fourth-order valence-corrected chi connectivity index (χ4v) is 3.57. The van der Waals surface area contributed by atoms with E-state index in [4.69, 9.17) is 4.98 Å². The molecule has 0 saturated heterocycles. The molecule has 0 atom stereocenters. The van der Waals surface area contributed by atoms with Crippen molar-refractivity contribution in [3.63, 3.8) is 0 Å². The molecule has 2 aromatic heterocycles. The number of para-hydroxylation sites is 1. The molecule has 1 aliphatic rings. The van der Waals surface area contributed by atoms with E-state index in [1.165, 1.54) is 6.92 Å². The van der Waals surface area contributed by atoms with Crippen molar-refractivity contribution in [1.29, 1.82) is 0 Å². The molecule has 130 valence electrons. The topological polar surface area (TPSA) is 69.0 Å². The molecule has 26 heavy (non-hydrogen) atoms. The van der Waals surface area contributed by atoms with E-state index in [1.54, 1.807) is 17.6 Å². The summed E-state index contributed by atoms with van der Waals surface area (Å²) in [6.45, 7) is 3.60. The van der Waals surface area contributed by atoms with Crippen molar-refractivity contribution >= 4 is 22.5 Å². The van der Waals surface area contributed by atoms with Crippen LogP contribution in [0.25, 0.3) is 22.3 Å². The zero-order chi connectivity index (χ0) is 18.4. The van der Waals surface area contributed by atoms with Crippen molar-refractivity contribution in [1.82, 2.24) is 9.55 Å². The number of nitrogens with zero attached hydrogens (tertiary/aromatic N) is 2. The number of hydrogen-bond acceptors (Lipinski definition) is 4. The molecule has 0 saturated carbocycles. The Morgan fingerprint density at radius 2 is 1.96 bits per heavy atom. The number of pyridine rings is 2. The molecular formula is C21H18N2O3. The van der Waals surface area contributed by atoms with Gasteiger partial charge in [0.2, 0.25) is 0 Å². The monoisotopic (exact) mass is 346 g/mol. The highest BCUT2D eigenvalue weighted by Crippen LogP contribution is 2.32. The van der Waals surface area contributed by atoms with Crippen LogP contribution in [0.15, 0.2) is 41.2 Å². The van der Waals surface area contributed by atoms with E-state index in [-0.39, 0.29) is 30.0 Å². The zero-order valence-corrected chi connectivity index (χ0v) is 14.7. The van der Waals surface area contributed by atoms with Gasteiger partial charge in [0, 0.05) is 34.9 Å². The van der Waals surface area contributed by atoms with Gasteiger partial charge >= 0.3 is 0 Å². The van der Waals surface area contributed by atoms with Gasteiger partial charge in [-0.2, -0.15) is 0 Å². The van der Waals surface area contributed by atoms with Gasteiger partial charge in [0.25, 0.3) is 5.56 Å². The lowest BCUT2D eigenvalue weighted by molar-refractivity contribution is -0.116. The SMILES string of the molecule is CCC(=O)c1cc2n(c(=O)c1CC(C)=O)Cc1cc3ccccc3nc1-2. The Balaban J connectivity index is 1.99. The molecule has 5 nitrogen and oxygen atoms in total. The first-order valence-electron chi connectivity index (χ1n) is 8.68. The molecule has 1 aliphatic heterocycles. The van der Waals surface area contributed by atoms with E-state index >= 15 is 0 Å². The van der Waals surface area contributed by atoms with Crippen LogP contribution in [0.2, 0.25) is 0 Å². The molecule has 0 radical (unpaired) electrons. The first kappa shape index (κ1) is 16.4. The largest absolute Gasteiger partial charge is 0.302 e. The summed E-state index contributed by atoms with van der Waals surface area (Å²) >= 11 is 0. The number of carbonyl (C=O) groups excluding carboxylic acids is 2. The van der Waals surface area contributed by atoms with Gasteiger partial charge in [-0.3, -0.25) is 14.4 Å². The summed E-state index contributed by atoms with van der Waals surface area (Å²) in [5.41, 5.74) is 3.57. The number of fused-ring (bicyclic) bond motifs is 4. The van der Waals surface area contributed by atoms with Gasteiger partial charge in [0.1, 0.15) is 5.78 Å². The molecule has 4 rings (SSSR count). The number of Topliss-reactive ketones (excluding diaryl/α,β-unsaturated/α-hetero) is 2. The number of hydrogen-bond donors (Lipinski definition) is 0. The first-order valence-corrected chi connectivity index (χ1v) is 8.68. The van der Waals surface area contributed by atoms with Crippen LogP contribution in [0.1, 0.15) is 41.8 Å². The maximum absolute atomic E-state index is 13.0. The third-order valence-electron chi connectivity index (χ3n) is 4.82. The molecule has 3 aromatic rings. The van der Waals surface area contributed by atoms with Gasteiger partial charge in [-0.1, -0.05) is 25.1 Å². The van der Waals surface area contributed by atoms with Crippen LogP contribution in [0.5, 0.6) is 0 Å². The molecule has 1 aromatic carbocycles. The van der Waals surface area contributed by atoms with Crippen LogP contribution in [0.3, 0.4) is 0 Å². The summed E-state index contributed by atoms with van der Waals surface area (Å²) in [5.74, 6) is -0.261. The highest BCUT2D eigenvalue weighted by atomic mass is 16.1. The van der Waals surface area contributed by atoms with Crippen LogP contribution in [0, 0.1) is 0 Å². The Labute approximate surface area is 150 Å². The standard InChI is InChI=1S/C21H18N2O3/c1-3-19(25)15-10-18-20-14(9-13-6-4-5-7-17(13)22-20)11-23(18)21(26)16(15)8-12(2)24/h4-7,9-10H,3,8,11H2,1-2H3. The third kappa shape index (κ3) is 2.47. The van der Waals surface area contributed by atoms with Gasteiger partial charge in [-0.05, 0) is 25.1 Å². The van der Waals surface area contributed by atoms with Crippen LogP contribution < -0.4 is 5.56 Å². The highest BCUT2D eigenvalue weighted by Gasteiger charge is 2.27. The maximum Gasteiger partial charge on any atom is 0.255 e. The average molecular weight is 346 g/mol. The van der Waals surface area contributed by atoms with E-state index in [0.717, 1.165) is 22.2 Å². The minimum Gasteiger partial charge on any atom is -0.302 e. The molecule has 0 N–H and O–H groups in total. The van der Waals surface area contributed by atoms with Crippen LogP contribution in [-0.4, -0.2) is 21.1 Å². The second-order valence-electron chi connectivity index (χ2n) is 6.66. The second kappa shape index (κ2) is 6.02. The summed E-state index contributed by atoms with van der Waals surface area (Å²) in [5, 5.41) is 1.01. The van der Waals surface area contributed by atoms with Gasteiger partial charge in [-0.25, -0.2) is 4.98 Å². The van der Waals surface area contributed by atoms with E-state index in [0.29, 0.717) is 23.4 Å². The third-order valence-corrected chi connectivity index (χ3v) is 4.82. The van der Waals surface area contributed by atoms with Crippen molar-refractivity contribution in [3.8, 4) is 11.4 Å². The molecule has 5 heteroatoms. The number of benzene rings is 1. The van der Waals surface area contributed by atoms with Crippen LogP contribution in [-0.2, 0) is 17.8 Å². The lowest BCUT2D eigenvalue weighted by atomic mass is 9.98. The van der Waals surface area contributed by atoms with Gasteiger partial charge in [-0.15, -0.1) is 0 Å². The maximum atomic E-state index is 13.0. The van der Waals surface area contributed by atoms with Crippen LogP contribution in [0.4, 0.5) is 0 Å². The molecule has 0 amide bonds. The number of rotatable bonds is 4. The second-order valence-corrected chi connectivity index (χ2v) is 6.66. The molecule has 0 aliphatic carbocycles. The summed E-state index contributed by atoms with van der Waals surface area (Å²) in [7, 11) is 0. The smallest absolute Gasteiger partial charge is 0.255 e. The van der Waals surface area contributed by atoms with Crippen molar-refractivity contribution in [2.75, 3.05) is 0 Å². The molecule has 0 bridgehead atoms. The molecule has 3 heterocycles. The van der Waals surface area contributed by atoms with E-state index in [9.17, 15) is 14.4 Å². The number of aromatic nitrogens is 2. The normalized spacial score (nSPS) is 12.1. The van der Waals surface area contributed by atoms with Gasteiger partial charge < -0.3 is 4.57 Å². The molecule has 0 fully saturated rings. The Hall–Kier alpha value is -3.08. The van der Waals surface area contributed by atoms with Crippen LogP contribution >= 0.6 is 0 Å². The lowest BCUT2D eigenvalue weighted by Crippen LogP contribution is -2.27. The predicted molar refractivity (Wildman–Crippen MR) is 99.5 cm³/mol. The first-order chi connectivity index (χ1) is 12.5. The van der Waals surface area contributed by atoms with Crippen molar-refractivity contribution in [3.05, 3.63) is 63.4 Å². The van der Waals surface area contributed by atoms with E-state index in [2.05, 4.69) is 0 Å². The summed E-state index contributed by atoms with van der Waals surface area (Å²) in [4.78, 5) is 41.8. The Bertz CT molecular complexity index is 1140. The molecular weight excluding hydrogens is 328 g/mol. The highest BCUT2D eigenvalue weighted by molar-refractivity contribution is 5.99. The Morgan fingerprint density at radius 1 is 1.19 bits per heavy atom.